The van der Waals surface area contributed by atoms with Crippen molar-refractivity contribution in [3.05, 3.63) is 27.8 Å². The third-order valence-electron chi connectivity index (χ3n) is 3.72. The Hall–Kier alpha value is -2.15. The Bertz CT molecular complexity index is 553. The molecule has 0 atom stereocenters. The number of amides is 1. The topological polar surface area (TPSA) is 85.9 Å². The van der Waals surface area contributed by atoms with E-state index >= 15 is 0 Å². The molecule has 1 aliphatic rings. The number of quaternary nitrogens is 1. The van der Waals surface area contributed by atoms with E-state index in [4.69, 9.17) is 4.74 Å². The van der Waals surface area contributed by atoms with Crippen LogP contribution in [0, 0.1) is 17.0 Å². The van der Waals surface area contributed by atoms with Gasteiger partial charge in [-0.1, -0.05) is 0 Å². The molecule has 0 aromatic heterocycles. The highest BCUT2D eigenvalue weighted by Gasteiger charge is 2.21. The number of nitro benzene ring substituents is 1. The summed E-state index contributed by atoms with van der Waals surface area (Å²) in [7, 11) is 1.37. The fraction of sp³-hybridized carbons (Fsp3) is 0.500. The summed E-state index contributed by atoms with van der Waals surface area (Å²) in [4.78, 5) is 23.7. The summed E-state index contributed by atoms with van der Waals surface area (Å²) in [6.45, 7) is 4.20. The molecule has 0 radical (unpaired) electrons. The van der Waals surface area contributed by atoms with Crippen LogP contribution in [0.3, 0.4) is 0 Å². The molecule has 0 unspecified atom stereocenters. The van der Waals surface area contributed by atoms with Gasteiger partial charge >= 0.3 is 5.69 Å². The van der Waals surface area contributed by atoms with Crippen LogP contribution in [0.4, 0.5) is 11.4 Å². The monoisotopic (exact) mass is 294 g/mol. The summed E-state index contributed by atoms with van der Waals surface area (Å²) in [6.07, 6.45) is 2.32. The van der Waals surface area contributed by atoms with Crippen molar-refractivity contribution in [2.75, 3.05) is 32.1 Å². The van der Waals surface area contributed by atoms with Crippen molar-refractivity contribution in [2.45, 2.75) is 19.8 Å². The van der Waals surface area contributed by atoms with Crippen molar-refractivity contribution in [2.24, 2.45) is 0 Å². The van der Waals surface area contributed by atoms with Crippen LogP contribution in [-0.2, 0) is 4.79 Å². The minimum Gasteiger partial charge on any atom is -0.490 e. The minimum atomic E-state index is -0.494. The zero-order valence-electron chi connectivity index (χ0n) is 12.3. The first-order chi connectivity index (χ1) is 10.0. The van der Waals surface area contributed by atoms with Crippen molar-refractivity contribution < 1.29 is 19.4 Å². The van der Waals surface area contributed by atoms with Gasteiger partial charge in [0, 0.05) is 30.7 Å². The number of carbonyl (C=O) groups excluding carboxylic acids is 1. The number of hydrogen-bond acceptors (Lipinski definition) is 4. The lowest BCUT2D eigenvalue weighted by Crippen LogP contribution is -3.11. The highest BCUT2D eigenvalue weighted by Crippen LogP contribution is 2.32. The number of rotatable bonds is 5. The number of hydrogen-bond donors (Lipinski definition) is 2. The number of ether oxygens (including phenoxy) is 1. The maximum Gasteiger partial charge on any atom is 0.311 e. The molecule has 1 aromatic carbocycles. The second kappa shape index (κ2) is 6.53. The molecule has 0 spiro atoms. The van der Waals surface area contributed by atoms with Crippen molar-refractivity contribution >= 4 is 17.3 Å². The van der Waals surface area contributed by atoms with Crippen LogP contribution in [0.5, 0.6) is 5.75 Å². The van der Waals surface area contributed by atoms with E-state index in [-0.39, 0.29) is 17.3 Å². The summed E-state index contributed by atoms with van der Waals surface area (Å²) >= 11 is 0. The Labute approximate surface area is 123 Å². The molecule has 1 aromatic rings. The second-order valence-corrected chi connectivity index (χ2v) is 5.28. The first kappa shape index (κ1) is 15.2. The Morgan fingerprint density at radius 2 is 2.10 bits per heavy atom. The lowest BCUT2D eigenvalue weighted by atomic mass is 10.1. The molecule has 1 saturated heterocycles. The molecular formula is C14H20N3O4+. The predicted molar refractivity (Wildman–Crippen MR) is 77.8 cm³/mol. The van der Waals surface area contributed by atoms with Crippen LogP contribution in [0.2, 0.25) is 0 Å². The third-order valence-corrected chi connectivity index (χ3v) is 3.72. The van der Waals surface area contributed by atoms with Gasteiger partial charge in [0.1, 0.15) is 0 Å². The average Bonchev–Trinajstić information content (AvgIpc) is 2.93. The number of methoxy groups -OCH3 is 1. The van der Waals surface area contributed by atoms with Crippen molar-refractivity contribution in [1.82, 2.24) is 0 Å². The quantitative estimate of drug-likeness (QED) is 0.612. The molecule has 1 amide bonds. The van der Waals surface area contributed by atoms with Gasteiger partial charge in [0.05, 0.1) is 25.1 Å². The van der Waals surface area contributed by atoms with Crippen LogP contribution in [0.25, 0.3) is 0 Å². The zero-order valence-corrected chi connectivity index (χ0v) is 12.3. The van der Waals surface area contributed by atoms with Crippen molar-refractivity contribution in [3.8, 4) is 5.75 Å². The summed E-state index contributed by atoms with van der Waals surface area (Å²) < 4.78 is 5.02. The van der Waals surface area contributed by atoms with E-state index in [0.29, 0.717) is 17.8 Å². The van der Waals surface area contributed by atoms with Crippen LogP contribution < -0.4 is 15.0 Å². The van der Waals surface area contributed by atoms with E-state index in [2.05, 4.69) is 5.32 Å². The van der Waals surface area contributed by atoms with E-state index in [9.17, 15) is 14.9 Å². The van der Waals surface area contributed by atoms with Crippen LogP contribution in [0.15, 0.2) is 12.1 Å². The maximum absolute atomic E-state index is 12.0. The SMILES string of the molecule is COc1cc(NC(=O)C[NH+]2CCCC2)c(C)cc1[N+](=O)[O-]. The third kappa shape index (κ3) is 3.69. The smallest absolute Gasteiger partial charge is 0.311 e. The first-order valence-corrected chi connectivity index (χ1v) is 6.97. The maximum atomic E-state index is 12.0. The Kier molecular flexibility index (Phi) is 4.74. The van der Waals surface area contributed by atoms with Gasteiger partial charge in [0.2, 0.25) is 0 Å². The van der Waals surface area contributed by atoms with Crippen LogP contribution in [-0.4, -0.2) is 37.6 Å². The highest BCUT2D eigenvalue weighted by atomic mass is 16.6. The normalized spacial score (nSPS) is 15.0. The van der Waals surface area contributed by atoms with Gasteiger partial charge in [-0.25, -0.2) is 0 Å². The molecule has 2 N–H and O–H groups in total. The van der Waals surface area contributed by atoms with Crippen LogP contribution in [0.1, 0.15) is 18.4 Å². The fourth-order valence-corrected chi connectivity index (χ4v) is 2.59. The summed E-state index contributed by atoms with van der Waals surface area (Å²) in [6, 6.07) is 2.92. The largest absolute Gasteiger partial charge is 0.490 e. The lowest BCUT2D eigenvalue weighted by Gasteiger charge is -2.14. The highest BCUT2D eigenvalue weighted by molar-refractivity contribution is 5.92. The molecular weight excluding hydrogens is 274 g/mol. The molecule has 0 aliphatic carbocycles. The molecule has 7 nitrogen and oxygen atoms in total. The van der Waals surface area contributed by atoms with Gasteiger partial charge < -0.3 is 15.0 Å². The Morgan fingerprint density at radius 3 is 2.67 bits per heavy atom. The van der Waals surface area contributed by atoms with Crippen molar-refractivity contribution in [3.63, 3.8) is 0 Å². The number of aryl methyl sites for hydroxylation is 1. The van der Waals surface area contributed by atoms with E-state index < -0.39 is 4.92 Å². The molecule has 114 valence electrons. The number of nitro groups is 1. The van der Waals surface area contributed by atoms with Gasteiger partial charge in [-0.05, 0) is 12.5 Å². The number of nitrogens with one attached hydrogen (secondary N) is 2. The Balaban J connectivity index is 2.12. The number of carbonyl (C=O) groups is 1. The molecule has 0 bridgehead atoms. The molecule has 21 heavy (non-hydrogen) atoms. The van der Waals surface area contributed by atoms with Gasteiger partial charge in [0.15, 0.2) is 12.3 Å². The van der Waals surface area contributed by atoms with E-state index in [1.54, 1.807) is 6.92 Å². The van der Waals surface area contributed by atoms with Gasteiger partial charge in [0.25, 0.3) is 5.91 Å². The lowest BCUT2D eigenvalue weighted by molar-refractivity contribution is -0.878. The fourth-order valence-electron chi connectivity index (χ4n) is 2.59. The molecule has 1 fully saturated rings. The molecule has 2 rings (SSSR count). The number of likely N-dealkylation sites (tertiary alicyclic amines) is 1. The van der Waals surface area contributed by atoms with Crippen LogP contribution >= 0.6 is 0 Å². The second-order valence-electron chi connectivity index (χ2n) is 5.28. The molecule has 7 heteroatoms. The molecule has 1 heterocycles. The van der Waals surface area contributed by atoms with Crippen molar-refractivity contribution in [1.29, 1.82) is 0 Å². The van der Waals surface area contributed by atoms with E-state index in [1.807, 2.05) is 0 Å². The summed E-state index contributed by atoms with van der Waals surface area (Å²) in [5, 5.41) is 13.7. The van der Waals surface area contributed by atoms with Gasteiger partial charge in [-0.15, -0.1) is 0 Å². The molecule has 0 saturated carbocycles. The first-order valence-electron chi connectivity index (χ1n) is 6.97. The Morgan fingerprint density at radius 1 is 1.43 bits per heavy atom. The standard InChI is InChI=1S/C14H19N3O4/c1-10-7-12(17(19)20)13(21-2)8-11(10)15-14(18)9-16-5-3-4-6-16/h7-8H,3-6,9H2,1-2H3,(H,15,18)/p+1. The van der Waals surface area contributed by atoms with E-state index in [0.717, 1.165) is 25.9 Å². The summed E-state index contributed by atoms with van der Waals surface area (Å²) in [5.74, 6) is 0.0697. The number of benzene rings is 1. The minimum absolute atomic E-state index is 0.0779. The van der Waals surface area contributed by atoms with Gasteiger partial charge in [-0.2, -0.15) is 0 Å². The average molecular weight is 294 g/mol. The number of anilines is 1. The molecule has 1 aliphatic heterocycles. The van der Waals surface area contributed by atoms with Gasteiger partial charge in [-0.3, -0.25) is 14.9 Å². The predicted octanol–water partition coefficient (Wildman–Crippen LogP) is 0.529. The summed E-state index contributed by atoms with van der Waals surface area (Å²) in [5.41, 5.74) is 1.10. The zero-order chi connectivity index (χ0) is 15.4. The van der Waals surface area contributed by atoms with E-state index in [1.165, 1.54) is 24.1 Å². The number of nitrogens with zero attached hydrogens (tertiary/aromatic N) is 1.